The maximum Gasteiger partial charge on any atom is 0.364 e. The summed E-state index contributed by atoms with van der Waals surface area (Å²) in [5.41, 5.74) is -0.605. The quantitative estimate of drug-likeness (QED) is 0.489. The van der Waals surface area contributed by atoms with Gasteiger partial charge >= 0.3 is 5.69 Å². The number of aromatic nitrogens is 2. The average molecular weight is 238 g/mol. The lowest BCUT2D eigenvalue weighted by Gasteiger charge is -2.10. The minimum Gasteiger partial charge on any atom is -0.407 e. The number of hydrogen-bond donors (Lipinski definition) is 0. The molecule has 0 N–H and O–H groups in total. The van der Waals surface area contributed by atoms with Crippen LogP contribution in [-0.2, 0) is 11.3 Å². The maximum atomic E-state index is 11.8. The zero-order valence-corrected chi connectivity index (χ0v) is 9.80. The Hall–Kier alpha value is -2.00. The van der Waals surface area contributed by atoms with Gasteiger partial charge in [0.2, 0.25) is 0 Å². The third kappa shape index (κ3) is 2.98. The molecule has 0 aromatic carbocycles. The van der Waals surface area contributed by atoms with Crippen molar-refractivity contribution in [2.45, 2.75) is 13.5 Å². The number of methoxy groups -OCH3 is 1. The molecule has 0 aliphatic rings. The highest BCUT2D eigenvalue weighted by molar-refractivity contribution is 5.03. The first-order valence-corrected chi connectivity index (χ1v) is 5.00. The number of nitrogens with zero attached hydrogens (tertiary/aromatic N) is 2. The molecule has 1 rings (SSSR count). The van der Waals surface area contributed by atoms with Gasteiger partial charge in [0.25, 0.3) is 5.56 Å². The van der Waals surface area contributed by atoms with E-state index in [0.29, 0.717) is 12.2 Å². The normalized spacial score (nSPS) is 9.94. The van der Waals surface area contributed by atoms with Crippen molar-refractivity contribution in [2.24, 2.45) is 0 Å². The SMILES string of the molecule is C#CCn1c(=O)c(C)cn(OCCOC)c1=O. The van der Waals surface area contributed by atoms with Gasteiger partial charge in [-0.3, -0.25) is 4.79 Å². The number of rotatable bonds is 5. The summed E-state index contributed by atoms with van der Waals surface area (Å²) < 4.78 is 6.73. The number of aryl methyl sites for hydroxylation is 1. The Morgan fingerprint density at radius 3 is 2.71 bits per heavy atom. The predicted molar refractivity (Wildman–Crippen MR) is 61.9 cm³/mol. The smallest absolute Gasteiger partial charge is 0.364 e. The summed E-state index contributed by atoms with van der Waals surface area (Å²) in [5, 5.41) is 0. The van der Waals surface area contributed by atoms with Crippen LogP contribution in [0.25, 0.3) is 0 Å². The van der Waals surface area contributed by atoms with Gasteiger partial charge in [0.15, 0.2) is 0 Å². The fourth-order valence-corrected chi connectivity index (χ4v) is 1.25. The van der Waals surface area contributed by atoms with Gasteiger partial charge in [0.1, 0.15) is 6.61 Å². The van der Waals surface area contributed by atoms with Crippen LogP contribution in [0.2, 0.25) is 0 Å². The van der Waals surface area contributed by atoms with Crippen LogP contribution in [0.4, 0.5) is 0 Å². The van der Waals surface area contributed by atoms with Gasteiger partial charge in [-0.2, -0.15) is 0 Å². The molecule has 0 aliphatic heterocycles. The number of hydrogen-bond acceptors (Lipinski definition) is 4. The van der Waals surface area contributed by atoms with E-state index >= 15 is 0 Å². The topological polar surface area (TPSA) is 62.5 Å². The Kier molecular flexibility index (Phi) is 4.55. The summed E-state index contributed by atoms with van der Waals surface area (Å²) in [4.78, 5) is 28.6. The van der Waals surface area contributed by atoms with Crippen LogP contribution < -0.4 is 16.1 Å². The van der Waals surface area contributed by atoms with E-state index < -0.39 is 11.2 Å². The van der Waals surface area contributed by atoms with E-state index in [4.69, 9.17) is 16.0 Å². The molecule has 0 radical (unpaired) electrons. The van der Waals surface area contributed by atoms with Gasteiger partial charge in [-0.05, 0) is 6.92 Å². The molecule has 92 valence electrons. The summed E-state index contributed by atoms with van der Waals surface area (Å²) in [6, 6.07) is 0. The third-order valence-electron chi connectivity index (χ3n) is 2.08. The summed E-state index contributed by atoms with van der Waals surface area (Å²) in [6.45, 7) is 2.07. The Bertz CT molecular complexity index is 536. The molecule has 0 saturated heterocycles. The lowest BCUT2D eigenvalue weighted by Crippen LogP contribution is -2.43. The van der Waals surface area contributed by atoms with E-state index in [1.54, 1.807) is 6.92 Å². The molecule has 1 aromatic heterocycles. The first kappa shape index (κ1) is 13.1. The van der Waals surface area contributed by atoms with Crippen molar-refractivity contribution < 1.29 is 9.57 Å². The monoisotopic (exact) mass is 238 g/mol. The Morgan fingerprint density at radius 1 is 1.41 bits per heavy atom. The molecule has 0 bridgehead atoms. The van der Waals surface area contributed by atoms with Gasteiger partial charge in [-0.1, -0.05) is 5.92 Å². The van der Waals surface area contributed by atoms with E-state index in [-0.39, 0.29) is 13.2 Å². The number of terminal acetylenes is 1. The van der Waals surface area contributed by atoms with Crippen LogP contribution in [0.5, 0.6) is 0 Å². The Morgan fingerprint density at radius 2 is 2.12 bits per heavy atom. The van der Waals surface area contributed by atoms with E-state index in [1.807, 2.05) is 0 Å². The molecule has 0 unspecified atom stereocenters. The molecule has 0 fully saturated rings. The molecule has 0 amide bonds. The lowest BCUT2D eigenvalue weighted by molar-refractivity contribution is 0.0480. The van der Waals surface area contributed by atoms with Gasteiger partial charge in [-0.15, -0.1) is 11.2 Å². The zero-order chi connectivity index (χ0) is 12.8. The molecule has 1 heterocycles. The first-order chi connectivity index (χ1) is 8.11. The molecule has 0 atom stereocenters. The summed E-state index contributed by atoms with van der Waals surface area (Å²) in [7, 11) is 1.52. The second-order valence-corrected chi connectivity index (χ2v) is 3.34. The molecule has 17 heavy (non-hydrogen) atoms. The van der Waals surface area contributed by atoms with Crippen LogP contribution in [-0.4, -0.2) is 29.6 Å². The van der Waals surface area contributed by atoms with Crippen LogP contribution in [0.1, 0.15) is 5.56 Å². The largest absolute Gasteiger partial charge is 0.407 e. The van der Waals surface area contributed by atoms with Crippen LogP contribution in [0.15, 0.2) is 15.8 Å². The molecular formula is C11H14N2O4. The van der Waals surface area contributed by atoms with Gasteiger partial charge < -0.3 is 9.57 Å². The molecular weight excluding hydrogens is 224 g/mol. The third-order valence-corrected chi connectivity index (χ3v) is 2.08. The van der Waals surface area contributed by atoms with E-state index in [0.717, 1.165) is 9.30 Å². The highest BCUT2D eigenvalue weighted by atomic mass is 16.7. The fourth-order valence-electron chi connectivity index (χ4n) is 1.25. The Labute approximate surface area is 98.3 Å². The highest BCUT2D eigenvalue weighted by Crippen LogP contribution is 1.85. The van der Waals surface area contributed by atoms with Crippen molar-refractivity contribution in [1.82, 2.24) is 9.30 Å². The van der Waals surface area contributed by atoms with Crippen molar-refractivity contribution in [3.8, 4) is 12.3 Å². The van der Waals surface area contributed by atoms with Gasteiger partial charge in [0.05, 0.1) is 19.3 Å². The van der Waals surface area contributed by atoms with E-state index in [2.05, 4.69) is 5.92 Å². The lowest BCUT2D eigenvalue weighted by atomic mass is 10.4. The van der Waals surface area contributed by atoms with Crippen molar-refractivity contribution in [1.29, 1.82) is 0 Å². The number of ether oxygens (including phenoxy) is 1. The molecule has 0 aliphatic carbocycles. The summed E-state index contributed by atoms with van der Waals surface area (Å²) in [6.07, 6.45) is 6.44. The zero-order valence-electron chi connectivity index (χ0n) is 9.80. The summed E-state index contributed by atoms with van der Waals surface area (Å²) in [5.74, 6) is 2.26. The molecule has 0 spiro atoms. The van der Waals surface area contributed by atoms with Crippen molar-refractivity contribution in [2.75, 3.05) is 20.3 Å². The predicted octanol–water partition coefficient (Wildman–Crippen LogP) is -0.973. The fraction of sp³-hybridized carbons (Fsp3) is 0.455. The van der Waals surface area contributed by atoms with Crippen molar-refractivity contribution in [3.05, 3.63) is 32.6 Å². The standard InChI is InChI=1S/C11H14N2O4/c1-4-5-12-10(14)9(2)8-13(11(12)15)17-7-6-16-3/h1,8H,5-7H2,2-3H3. The van der Waals surface area contributed by atoms with Crippen LogP contribution in [0, 0.1) is 19.3 Å². The van der Waals surface area contributed by atoms with Crippen LogP contribution >= 0.6 is 0 Å². The van der Waals surface area contributed by atoms with Crippen molar-refractivity contribution >= 4 is 0 Å². The van der Waals surface area contributed by atoms with E-state index in [9.17, 15) is 9.59 Å². The maximum absolute atomic E-state index is 11.8. The first-order valence-electron chi connectivity index (χ1n) is 5.00. The summed E-state index contributed by atoms with van der Waals surface area (Å²) >= 11 is 0. The molecule has 1 aromatic rings. The van der Waals surface area contributed by atoms with E-state index in [1.165, 1.54) is 13.3 Å². The van der Waals surface area contributed by atoms with Gasteiger partial charge in [-0.25, -0.2) is 9.36 Å². The average Bonchev–Trinajstić information content (AvgIpc) is 2.31. The van der Waals surface area contributed by atoms with Crippen LogP contribution in [0.3, 0.4) is 0 Å². The second kappa shape index (κ2) is 5.92. The highest BCUT2D eigenvalue weighted by Gasteiger charge is 2.08. The molecule has 0 saturated carbocycles. The van der Waals surface area contributed by atoms with Gasteiger partial charge in [0, 0.05) is 12.7 Å². The molecule has 6 nitrogen and oxygen atoms in total. The second-order valence-electron chi connectivity index (χ2n) is 3.34. The van der Waals surface area contributed by atoms with Crippen molar-refractivity contribution in [3.63, 3.8) is 0 Å². The molecule has 6 heteroatoms. The minimum absolute atomic E-state index is 0.0764. The Balaban J connectivity index is 3.12. The minimum atomic E-state index is -0.588.